The molecule has 0 amide bonds. The van der Waals surface area contributed by atoms with Crippen LogP contribution in [-0.4, -0.2) is 19.3 Å². The number of hydrogen-bond donors (Lipinski definition) is 2. The van der Waals surface area contributed by atoms with Crippen molar-refractivity contribution in [3.05, 3.63) is 34.9 Å². The first-order valence-electron chi connectivity index (χ1n) is 6.89. The third-order valence-electron chi connectivity index (χ3n) is 3.11. The van der Waals surface area contributed by atoms with Crippen LogP contribution in [0.5, 0.6) is 0 Å². The summed E-state index contributed by atoms with van der Waals surface area (Å²) in [4.78, 5) is 0. The molecular formula is C17H31NO. The molecule has 0 atom stereocenters. The quantitative estimate of drug-likeness (QED) is 0.856. The van der Waals surface area contributed by atoms with Crippen molar-refractivity contribution < 1.29 is 5.11 Å². The normalized spacial score (nSPS) is 11.8. The third kappa shape index (κ3) is 5.75. The maximum absolute atomic E-state index is 7.00. The van der Waals surface area contributed by atoms with E-state index in [1.54, 1.807) is 0 Å². The average Bonchev–Trinajstić information content (AvgIpc) is 2.29. The van der Waals surface area contributed by atoms with Crippen molar-refractivity contribution in [1.82, 2.24) is 5.32 Å². The molecule has 0 aromatic heterocycles. The lowest BCUT2D eigenvalue weighted by atomic mass is 9.79. The Morgan fingerprint density at radius 1 is 0.842 bits per heavy atom. The molecule has 0 heterocycles. The van der Waals surface area contributed by atoms with Gasteiger partial charge in [-0.25, -0.2) is 0 Å². The monoisotopic (exact) mass is 265 g/mol. The highest BCUT2D eigenvalue weighted by Gasteiger charge is 2.20. The molecule has 0 aliphatic carbocycles. The number of aliphatic hydroxyl groups excluding tert-OH is 1. The van der Waals surface area contributed by atoms with Gasteiger partial charge in [-0.3, -0.25) is 0 Å². The minimum absolute atomic E-state index is 0.212. The Kier molecular flexibility index (Phi) is 6.74. The molecule has 1 rings (SSSR count). The van der Waals surface area contributed by atoms with Gasteiger partial charge >= 0.3 is 0 Å². The molecule has 2 heteroatoms. The molecule has 0 aliphatic rings. The van der Waals surface area contributed by atoms with Crippen molar-refractivity contribution in [3.8, 4) is 0 Å². The molecule has 0 aliphatic heterocycles. The first-order valence-corrected chi connectivity index (χ1v) is 6.89. The van der Waals surface area contributed by atoms with Crippen LogP contribution in [0.1, 0.15) is 58.2 Å². The maximum atomic E-state index is 7.00. The summed E-state index contributed by atoms with van der Waals surface area (Å²) < 4.78 is 0. The Morgan fingerprint density at radius 3 is 1.47 bits per heavy atom. The Bertz CT molecular complexity index is 351. The van der Waals surface area contributed by atoms with Crippen LogP contribution >= 0.6 is 0 Å². The first kappa shape index (κ1) is 18.1. The lowest BCUT2D eigenvalue weighted by Gasteiger charge is -2.26. The summed E-state index contributed by atoms with van der Waals surface area (Å²) in [5.41, 5.74) is 4.66. The Labute approximate surface area is 119 Å². The summed E-state index contributed by atoms with van der Waals surface area (Å²) in [5.74, 6) is 0. The summed E-state index contributed by atoms with van der Waals surface area (Å²) >= 11 is 0. The number of aliphatic hydroxyl groups is 1. The van der Waals surface area contributed by atoms with E-state index >= 15 is 0 Å². The van der Waals surface area contributed by atoms with Crippen molar-refractivity contribution >= 4 is 0 Å². The van der Waals surface area contributed by atoms with Gasteiger partial charge in [0, 0.05) is 13.7 Å². The van der Waals surface area contributed by atoms with Crippen molar-refractivity contribution in [1.29, 1.82) is 0 Å². The van der Waals surface area contributed by atoms with Gasteiger partial charge in [0.05, 0.1) is 0 Å². The second-order valence-electron chi connectivity index (χ2n) is 6.95. The molecule has 1 aromatic carbocycles. The highest BCUT2D eigenvalue weighted by molar-refractivity contribution is 5.37. The van der Waals surface area contributed by atoms with E-state index in [0.717, 1.165) is 13.7 Å². The zero-order valence-electron chi connectivity index (χ0n) is 13.9. The lowest BCUT2D eigenvalue weighted by molar-refractivity contribution is 0.399. The summed E-state index contributed by atoms with van der Waals surface area (Å²) in [7, 11) is 3.00. The standard InChI is InChI=1S/C16H27N.CH4O/c1-15(2,3)13-8-12(11-17-7)9-14(10-13)16(4,5)6;1-2/h8-10,17H,11H2,1-7H3;2H,1H3. The molecule has 110 valence electrons. The summed E-state index contributed by atoms with van der Waals surface area (Å²) in [5, 5.41) is 10.2. The fourth-order valence-corrected chi connectivity index (χ4v) is 1.86. The fourth-order valence-electron chi connectivity index (χ4n) is 1.86. The number of hydrogen-bond acceptors (Lipinski definition) is 2. The molecule has 1 aromatic rings. The zero-order valence-corrected chi connectivity index (χ0v) is 13.9. The van der Waals surface area contributed by atoms with Gasteiger partial charge in [-0.05, 0) is 34.6 Å². The van der Waals surface area contributed by atoms with Gasteiger partial charge in [-0.1, -0.05) is 59.7 Å². The van der Waals surface area contributed by atoms with Crippen molar-refractivity contribution in [2.75, 3.05) is 14.2 Å². The third-order valence-corrected chi connectivity index (χ3v) is 3.11. The summed E-state index contributed by atoms with van der Waals surface area (Å²) in [6.07, 6.45) is 0. The lowest BCUT2D eigenvalue weighted by Crippen LogP contribution is -2.18. The maximum Gasteiger partial charge on any atom is 0.0319 e. The second kappa shape index (κ2) is 7.06. The first-order chi connectivity index (χ1) is 8.64. The second-order valence-corrected chi connectivity index (χ2v) is 6.95. The van der Waals surface area contributed by atoms with Crippen molar-refractivity contribution in [3.63, 3.8) is 0 Å². The van der Waals surface area contributed by atoms with E-state index < -0.39 is 0 Å². The van der Waals surface area contributed by atoms with Crippen LogP contribution in [0, 0.1) is 0 Å². The highest BCUT2D eigenvalue weighted by Crippen LogP contribution is 2.30. The smallest absolute Gasteiger partial charge is 0.0319 e. The van der Waals surface area contributed by atoms with E-state index in [1.807, 2.05) is 7.05 Å². The van der Waals surface area contributed by atoms with Crippen molar-refractivity contribution in [2.24, 2.45) is 0 Å². The Hall–Kier alpha value is -0.860. The van der Waals surface area contributed by atoms with Gasteiger partial charge in [-0.15, -0.1) is 0 Å². The summed E-state index contributed by atoms with van der Waals surface area (Å²) in [6.45, 7) is 14.6. The summed E-state index contributed by atoms with van der Waals surface area (Å²) in [6, 6.07) is 7.01. The average molecular weight is 265 g/mol. The van der Waals surface area contributed by atoms with Gasteiger partial charge in [0.2, 0.25) is 0 Å². The van der Waals surface area contributed by atoms with Gasteiger partial charge in [-0.2, -0.15) is 0 Å². The molecule has 19 heavy (non-hydrogen) atoms. The molecule has 0 saturated heterocycles. The minimum Gasteiger partial charge on any atom is -0.400 e. The number of nitrogens with one attached hydrogen (secondary N) is 1. The largest absolute Gasteiger partial charge is 0.400 e. The van der Waals surface area contributed by atoms with E-state index in [2.05, 4.69) is 65.1 Å². The molecule has 0 bridgehead atoms. The highest BCUT2D eigenvalue weighted by atomic mass is 16.2. The molecule has 2 nitrogen and oxygen atoms in total. The van der Waals surface area contributed by atoms with E-state index in [1.165, 1.54) is 16.7 Å². The fraction of sp³-hybridized carbons (Fsp3) is 0.647. The van der Waals surface area contributed by atoms with Crippen molar-refractivity contribution in [2.45, 2.75) is 58.9 Å². The van der Waals surface area contributed by atoms with Crippen LogP contribution in [0.2, 0.25) is 0 Å². The predicted octanol–water partition coefficient (Wildman–Crippen LogP) is 3.61. The molecule has 0 fully saturated rings. The van der Waals surface area contributed by atoms with Crippen LogP contribution in [0.4, 0.5) is 0 Å². The van der Waals surface area contributed by atoms with Crippen LogP contribution < -0.4 is 5.32 Å². The zero-order chi connectivity index (χ0) is 15.3. The molecule has 0 spiro atoms. The van der Waals surface area contributed by atoms with Crippen LogP contribution in [0.3, 0.4) is 0 Å². The number of rotatable bonds is 2. The Balaban J connectivity index is 0.00000154. The van der Waals surface area contributed by atoms with E-state index in [9.17, 15) is 0 Å². The van der Waals surface area contributed by atoms with Gasteiger partial charge in [0.15, 0.2) is 0 Å². The van der Waals surface area contributed by atoms with Crippen LogP contribution in [0.25, 0.3) is 0 Å². The van der Waals surface area contributed by atoms with Crippen LogP contribution in [-0.2, 0) is 17.4 Å². The molecule has 0 unspecified atom stereocenters. The Morgan fingerprint density at radius 2 is 1.21 bits per heavy atom. The molecular weight excluding hydrogens is 234 g/mol. The van der Waals surface area contributed by atoms with E-state index in [0.29, 0.717) is 0 Å². The van der Waals surface area contributed by atoms with Gasteiger partial charge in [0.1, 0.15) is 0 Å². The SMILES string of the molecule is CNCc1cc(C(C)(C)C)cc(C(C)(C)C)c1.CO. The van der Waals surface area contributed by atoms with E-state index in [-0.39, 0.29) is 10.8 Å². The predicted molar refractivity (Wildman–Crippen MR) is 84.7 cm³/mol. The van der Waals surface area contributed by atoms with Gasteiger partial charge in [0.25, 0.3) is 0 Å². The number of benzene rings is 1. The molecule has 0 saturated carbocycles. The minimum atomic E-state index is 0.212. The van der Waals surface area contributed by atoms with E-state index in [4.69, 9.17) is 5.11 Å². The van der Waals surface area contributed by atoms with Gasteiger partial charge < -0.3 is 10.4 Å². The van der Waals surface area contributed by atoms with Crippen LogP contribution in [0.15, 0.2) is 18.2 Å². The molecule has 2 N–H and O–H groups in total. The molecule has 0 radical (unpaired) electrons. The topological polar surface area (TPSA) is 32.3 Å².